The number of carbonyl (C=O) groups excluding carboxylic acids is 20. The zero-order valence-electron chi connectivity index (χ0n) is 82.4. The third-order valence-corrected chi connectivity index (χ3v) is 30.0. The van der Waals surface area contributed by atoms with Gasteiger partial charge in [-0.1, -0.05) is 107 Å². The van der Waals surface area contributed by atoms with Crippen LogP contribution in [0.15, 0.2) is 115 Å². The fourth-order valence-corrected chi connectivity index (χ4v) is 21.3. The number of fused-ring (bicyclic) bond motifs is 3. The first-order valence-corrected chi connectivity index (χ1v) is 52.2. The lowest BCUT2D eigenvalue weighted by molar-refractivity contribution is -0.143. The van der Waals surface area contributed by atoms with Gasteiger partial charge in [0.25, 0.3) is 0 Å². The lowest BCUT2D eigenvalue weighted by Gasteiger charge is -2.38. The van der Waals surface area contributed by atoms with E-state index in [9.17, 15) is 58.5 Å². The number of aliphatic carboxylic acids is 2. The highest BCUT2D eigenvalue weighted by Gasteiger charge is 2.52. The molecule has 0 bridgehead atoms. The Labute approximate surface area is 868 Å². The average molecular weight is 2130 g/mol. The van der Waals surface area contributed by atoms with Crippen LogP contribution in [0.3, 0.4) is 0 Å². The number of carbonyl (C=O) groups is 22. The minimum Gasteiger partial charge on any atom is -0.481 e. The third kappa shape index (κ3) is 31.1. The molecule has 5 saturated heterocycles. The number of nitrogens with zero attached hydrogens (tertiary/aromatic N) is 1. The predicted octanol–water partition coefficient (Wildman–Crippen LogP) is -4.42. The Morgan fingerprint density at radius 2 is 1.18 bits per heavy atom. The molecular weight excluding hydrogens is 2000 g/mol. The topological polar surface area (TPSA) is 742 Å². The molecule has 5 aliphatic heterocycles. The summed E-state index contributed by atoms with van der Waals surface area (Å²) in [7, 11) is 0. The Hall–Kier alpha value is -13.9. The molecule has 2 aromatic heterocycles. The molecule has 0 saturated carbocycles. The largest absolute Gasteiger partial charge is 0.481 e. The summed E-state index contributed by atoms with van der Waals surface area (Å²) in [5, 5.41) is 75.0. The summed E-state index contributed by atoms with van der Waals surface area (Å²) in [6.07, 6.45) is -4.13. The molecule has 3 aromatic carbocycles. The molecule has 27 N–H and O–H groups in total. The van der Waals surface area contributed by atoms with Crippen molar-refractivity contribution in [2.75, 3.05) is 53.4 Å². The van der Waals surface area contributed by atoms with Gasteiger partial charge in [0.1, 0.15) is 77.5 Å². The maximum Gasteiger partial charge on any atom is 0.327 e. The third-order valence-electron chi connectivity index (χ3n) is 25.9. The van der Waals surface area contributed by atoms with E-state index in [1.165, 1.54) is 44.9 Å². The SMILES string of the molecule is C=C1N[C@H](C(=O)CC(CS)C(=O)N[C@H]2C[C@]3(CSC[C@@H](C(=O)N[C@@H](CSCC(N)=O)C(=O)O)NC(=O)/C(=C/C)CC(=O)[C@H](Cc4ccccc4)NC(=O)[C@@H]4CCCN4C(=O)[C@H](C(C)C)NC(=O)[C@H](Cc4c[nH]c5ccccc45)NC3=O)NC(=O)CNC(=O)[C@H]([C@@H](C)O)NC2=O)CSC[C@]2(C[C@H](N)C(=O)N[C@@H](CC(N)=O)C(=O)N[C@@H](C)C(=O)N2)C(=O)N[C@@H](C(C)C)C(=O)N[C@@H](Cc2c[nH]c3ccccc23)C(=O)N[C@H]1CCC(=O)O. The number of nitrogens with one attached hydrogen (secondary N) is 18. The van der Waals surface area contributed by atoms with E-state index < -0.39 is 354 Å². The molecule has 5 aromatic rings. The number of carboxylic acids is 2. The maximum absolute atomic E-state index is 16.9. The molecule has 5 aliphatic rings. The molecule has 10 rings (SSSR count). The number of aromatic nitrogens is 2. The van der Waals surface area contributed by atoms with Crippen molar-refractivity contribution in [3.05, 3.63) is 132 Å². The highest BCUT2D eigenvalue weighted by Crippen LogP contribution is 2.32. The second-order valence-corrected chi connectivity index (χ2v) is 41.4. The van der Waals surface area contributed by atoms with Crippen LogP contribution in [-0.2, 0) is 125 Å². The number of Topliss-reactive ketones (excluding diaryl/α,β-unsaturated/α-hetero) is 2. The van der Waals surface area contributed by atoms with Gasteiger partial charge in [0.05, 0.1) is 54.9 Å². The lowest BCUT2D eigenvalue weighted by Crippen LogP contribution is -2.68. The van der Waals surface area contributed by atoms with Crippen LogP contribution in [-0.4, -0.2) is 321 Å². The molecule has 0 aliphatic carbocycles. The summed E-state index contributed by atoms with van der Waals surface area (Å²) in [4.78, 5) is 333. The summed E-state index contributed by atoms with van der Waals surface area (Å²) in [5.41, 5.74) is 14.0. The van der Waals surface area contributed by atoms with Crippen LogP contribution in [0, 0.1) is 17.8 Å². The molecule has 51 heteroatoms. The van der Waals surface area contributed by atoms with E-state index in [0.29, 0.717) is 73.8 Å². The number of allylic oxidation sites excluding steroid dienone is 1. The number of hydrogen-bond donors (Lipinski definition) is 25. The molecular formula is C97H128N22O25S4. The van der Waals surface area contributed by atoms with Gasteiger partial charge in [-0.2, -0.15) is 36.2 Å². The van der Waals surface area contributed by atoms with Gasteiger partial charge in [-0.3, -0.25) is 101 Å². The number of aliphatic hydroxyl groups is 1. The number of carboxylic acid groups (broad SMARTS) is 2. The van der Waals surface area contributed by atoms with Crippen molar-refractivity contribution in [3.63, 3.8) is 0 Å². The fourth-order valence-electron chi connectivity index (χ4n) is 17.7. The van der Waals surface area contributed by atoms with Gasteiger partial charge in [-0.15, -0.1) is 11.8 Å². The van der Waals surface area contributed by atoms with Crippen molar-refractivity contribution < 1.29 is 121 Å². The van der Waals surface area contributed by atoms with Crippen LogP contribution in [0.4, 0.5) is 0 Å². The molecule has 2 spiro atoms. The van der Waals surface area contributed by atoms with Gasteiger partial charge in [0.2, 0.25) is 106 Å². The molecule has 19 atom stereocenters. The van der Waals surface area contributed by atoms with Crippen LogP contribution < -0.4 is 102 Å². The highest BCUT2D eigenvalue weighted by molar-refractivity contribution is 8.00. The first kappa shape index (κ1) is 116. The number of ketones is 2. The fraction of sp³-hybridized carbons (Fsp3) is 0.505. The van der Waals surface area contributed by atoms with E-state index in [-0.39, 0.29) is 43.5 Å². The number of para-hydroxylation sites is 2. The van der Waals surface area contributed by atoms with Gasteiger partial charge in [0, 0.05) is 131 Å². The summed E-state index contributed by atoms with van der Waals surface area (Å²) >= 11 is 6.46. The number of H-pyrrole nitrogens is 2. The van der Waals surface area contributed by atoms with Gasteiger partial charge < -0.3 is 132 Å². The normalized spacial score (nSPS) is 26.8. The number of amides is 18. The van der Waals surface area contributed by atoms with E-state index >= 15 is 62.3 Å². The molecule has 5 fully saturated rings. The van der Waals surface area contributed by atoms with E-state index in [4.69, 9.17) is 17.2 Å². The monoisotopic (exact) mass is 2130 g/mol. The Morgan fingerprint density at radius 3 is 1.77 bits per heavy atom. The zero-order chi connectivity index (χ0) is 108. The zero-order valence-corrected chi connectivity index (χ0v) is 85.8. The molecule has 47 nitrogen and oxygen atoms in total. The Kier molecular flexibility index (Phi) is 41.6. The molecule has 18 amide bonds. The summed E-state index contributed by atoms with van der Waals surface area (Å²) in [5.74, 6) is -33.4. The number of benzene rings is 3. The summed E-state index contributed by atoms with van der Waals surface area (Å²) in [6, 6.07) is -4.13. The molecule has 7 heterocycles. The smallest absolute Gasteiger partial charge is 0.327 e. The first-order valence-electron chi connectivity index (χ1n) is 48.1. The van der Waals surface area contributed by atoms with E-state index in [0.717, 1.165) is 6.92 Å². The van der Waals surface area contributed by atoms with Crippen LogP contribution in [0.5, 0.6) is 0 Å². The second kappa shape index (κ2) is 53.1. The van der Waals surface area contributed by atoms with Crippen molar-refractivity contribution >= 4 is 200 Å². The number of aromatic amines is 2. The standard InChI is InChI=1S/C97H128N22O25S4/c1-9-52-31-71(121)62(28-51-18-11-10-12-19-51)107-89(137)70-24-17-27-119(70)92(140)78(47(4)5)114-86(134)64(30-54-37-102-61-23-16-14-21-57(54)61)113-94(143)97(45-148-41-68(111-81(52)129)88(136)112-69(93(141)142)42-146-43-74(100)124)35-66(87(135)115-79(50(8)120)90(138)103-38-75(125)117-97)110-82(130)55(39-145)32-72(122)67-40-147-44-96(34-58(98)83(131)108-65(33-73(99)123)84(132)105-49(7)80(128)118-96)95(144)116-77(46(2)3)91(139)109-63(29-53-36-101-60-22-15-13-20-56(53)60)85(133)106-59(48(6)104-67)25-26-76(126)127/h9-16,18-23,36-37,46-47,49-50,55,58-59,62-70,77-79,101-102,104,120,145H,6,17,24-35,38-45,98H2,1-5,7-8H3,(H2,99,123)(H2,100,124)(H,103,138)(H,105,132)(H,106,133)(H,107,137)(H,108,131)(H,109,139)(H,110,130)(H,111,129)(H,112,136)(H,113,143)(H,114,134)(H,115,135)(H,116,144)(H,117,125)(H,118,128)(H,126,127)(H,141,142)/b52-9+/t49-,50+,55?,58-,59-,62-,63-,64-,65-,66-,67-,68-,69-,70-,77-,78-,79-,96+,97+/m0/s1. The van der Waals surface area contributed by atoms with Gasteiger partial charge in [-0.25, -0.2) is 4.79 Å². The van der Waals surface area contributed by atoms with Crippen molar-refractivity contribution in [1.82, 2.24) is 99.9 Å². The van der Waals surface area contributed by atoms with Crippen molar-refractivity contribution in [3.8, 4) is 0 Å². The molecule has 800 valence electrons. The van der Waals surface area contributed by atoms with Crippen molar-refractivity contribution in [2.45, 2.75) is 233 Å². The first-order chi connectivity index (χ1) is 70.1. The van der Waals surface area contributed by atoms with Crippen LogP contribution in [0.2, 0.25) is 0 Å². The molecule has 1 unspecified atom stereocenters. The van der Waals surface area contributed by atoms with Gasteiger partial charge in [-0.05, 0) is 87.1 Å². The summed E-state index contributed by atoms with van der Waals surface area (Å²) in [6.45, 7) is 12.9. The average Bonchev–Trinajstić information content (AvgIpc) is 0.919. The number of thioether (sulfide) groups is 3. The second-order valence-electron chi connectivity index (χ2n) is 37.9. The quantitative estimate of drug-likeness (QED) is 0.0174. The maximum atomic E-state index is 16.9. The number of primary amides is 2. The van der Waals surface area contributed by atoms with Crippen LogP contribution in [0.1, 0.15) is 123 Å². The van der Waals surface area contributed by atoms with Gasteiger partial charge >= 0.3 is 11.9 Å². The van der Waals surface area contributed by atoms with E-state index in [1.54, 1.807) is 98.9 Å². The predicted molar refractivity (Wildman–Crippen MR) is 547 cm³/mol. The minimum absolute atomic E-state index is 0.0456. The number of aliphatic hydroxyl groups excluding tert-OH is 1. The molecule has 0 radical (unpaired) electrons. The number of thiol groups is 1. The lowest BCUT2D eigenvalue weighted by atomic mass is 9.89. The summed E-state index contributed by atoms with van der Waals surface area (Å²) < 4.78 is 0. The highest BCUT2D eigenvalue weighted by atomic mass is 32.2. The Morgan fingerprint density at radius 1 is 0.608 bits per heavy atom. The van der Waals surface area contributed by atoms with E-state index in [1.807, 2.05) is 0 Å². The van der Waals surface area contributed by atoms with Crippen molar-refractivity contribution in [1.29, 1.82) is 0 Å². The number of rotatable bonds is 27. The van der Waals surface area contributed by atoms with E-state index in [2.05, 4.69) is 114 Å². The number of nitrogens with two attached hydrogens (primary N) is 3. The van der Waals surface area contributed by atoms with Gasteiger partial charge in [0.15, 0.2) is 11.6 Å². The van der Waals surface area contributed by atoms with Crippen molar-refractivity contribution in [2.24, 2.45) is 35.0 Å². The Bertz CT molecular complexity index is 5900. The van der Waals surface area contributed by atoms with Crippen LogP contribution in [0.25, 0.3) is 21.8 Å². The number of hydrogen-bond acceptors (Lipinski definition) is 29. The minimum atomic E-state index is -2.91. The van der Waals surface area contributed by atoms with Crippen LogP contribution >= 0.6 is 47.9 Å². The molecule has 148 heavy (non-hydrogen) atoms. The Balaban J connectivity index is 1.11.